The SMILES string of the molecule is CN(NS(=O)(=O)c1ccc(Br)cc1)S(=O)(=O)c1ccc(Cl)cc1. The Morgan fingerprint density at radius 3 is 1.91 bits per heavy atom. The summed E-state index contributed by atoms with van der Waals surface area (Å²) in [6.07, 6.45) is 0. The maximum Gasteiger partial charge on any atom is 0.256 e. The van der Waals surface area contributed by atoms with Crippen LogP contribution in [0.2, 0.25) is 5.02 Å². The fraction of sp³-hybridized carbons (Fsp3) is 0.0769. The minimum Gasteiger partial charge on any atom is -0.206 e. The molecule has 23 heavy (non-hydrogen) atoms. The van der Waals surface area contributed by atoms with E-state index in [-0.39, 0.29) is 9.79 Å². The molecular weight excluding hydrogens is 428 g/mol. The molecule has 1 N–H and O–H groups in total. The zero-order valence-corrected chi connectivity index (χ0v) is 15.7. The van der Waals surface area contributed by atoms with Gasteiger partial charge in [-0.05, 0) is 48.5 Å². The average Bonchev–Trinajstić information content (AvgIpc) is 2.47. The highest BCUT2D eigenvalue weighted by atomic mass is 79.9. The van der Waals surface area contributed by atoms with E-state index >= 15 is 0 Å². The largest absolute Gasteiger partial charge is 0.256 e. The minimum absolute atomic E-state index is 0.0566. The number of hydrogen-bond donors (Lipinski definition) is 1. The highest BCUT2D eigenvalue weighted by molar-refractivity contribution is 9.10. The number of sulfonamides is 2. The van der Waals surface area contributed by atoms with Gasteiger partial charge >= 0.3 is 0 Å². The first kappa shape index (κ1) is 18.4. The Hall–Kier alpha value is -0.970. The van der Waals surface area contributed by atoms with E-state index in [0.29, 0.717) is 13.9 Å². The minimum atomic E-state index is -4.03. The van der Waals surface area contributed by atoms with E-state index in [1.54, 1.807) is 12.1 Å². The van der Waals surface area contributed by atoms with Crippen molar-refractivity contribution in [2.45, 2.75) is 9.79 Å². The Labute approximate surface area is 148 Å². The second-order valence-electron chi connectivity index (χ2n) is 4.48. The van der Waals surface area contributed by atoms with Crippen LogP contribution in [0.3, 0.4) is 0 Å². The molecule has 0 bridgehead atoms. The van der Waals surface area contributed by atoms with Crippen molar-refractivity contribution < 1.29 is 16.8 Å². The standard InChI is InChI=1S/C13H12BrClN2O4S2/c1-17(23(20,21)13-8-4-11(15)5-9-13)16-22(18,19)12-6-2-10(14)3-7-12/h2-9,16H,1H3. The molecule has 0 unspecified atom stereocenters. The summed E-state index contributed by atoms with van der Waals surface area (Å²) in [6, 6.07) is 11.2. The second kappa shape index (κ2) is 6.88. The van der Waals surface area contributed by atoms with Gasteiger partial charge < -0.3 is 0 Å². The highest BCUT2D eigenvalue weighted by Crippen LogP contribution is 2.19. The highest BCUT2D eigenvalue weighted by Gasteiger charge is 2.26. The van der Waals surface area contributed by atoms with Crippen LogP contribution in [0.15, 0.2) is 62.8 Å². The summed E-state index contributed by atoms with van der Waals surface area (Å²) in [6.45, 7) is 0. The lowest BCUT2D eigenvalue weighted by Gasteiger charge is -2.18. The van der Waals surface area contributed by atoms with Crippen molar-refractivity contribution in [3.05, 3.63) is 58.0 Å². The lowest BCUT2D eigenvalue weighted by Crippen LogP contribution is -2.43. The van der Waals surface area contributed by atoms with Gasteiger partial charge in [-0.1, -0.05) is 27.5 Å². The van der Waals surface area contributed by atoms with Crippen molar-refractivity contribution in [3.63, 3.8) is 0 Å². The van der Waals surface area contributed by atoms with Gasteiger partial charge in [0.25, 0.3) is 20.0 Å². The van der Waals surface area contributed by atoms with Gasteiger partial charge in [0.1, 0.15) is 0 Å². The fourth-order valence-electron chi connectivity index (χ4n) is 1.65. The number of rotatable bonds is 5. The van der Waals surface area contributed by atoms with E-state index in [0.717, 1.165) is 7.05 Å². The Balaban J connectivity index is 2.28. The van der Waals surface area contributed by atoms with E-state index in [1.165, 1.54) is 36.4 Å². The summed E-state index contributed by atoms with van der Waals surface area (Å²) < 4.78 is 50.4. The number of hydrazine groups is 1. The number of nitrogens with one attached hydrogen (secondary N) is 1. The van der Waals surface area contributed by atoms with Crippen LogP contribution in [0.25, 0.3) is 0 Å². The van der Waals surface area contributed by atoms with E-state index in [4.69, 9.17) is 11.6 Å². The topological polar surface area (TPSA) is 83.6 Å². The number of benzene rings is 2. The molecule has 0 heterocycles. The summed E-state index contributed by atoms with van der Waals surface area (Å²) in [5.41, 5.74) is 0. The Morgan fingerprint density at radius 2 is 1.39 bits per heavy atom. The number of halogens is 2. The third-order valence-electron chi connectivity index (χ3n) is 2.84. The van der Waals surface area contributed by atoms with Gasteiger partial charge in [-0.3, -0.25) is 0 Å². The predicted octanol–water partition coefficient (Wildman–Crippen LogP) is 2.62. The first-order valence-electron chi connectivity index (χ1n) is 6.15. The normalized spacial score (nSPS) is 12.5. The summed E-state index contributed by atoms with van der Waals surface area (Å²) >= 11 is 8.92. The molecule has 6 nitrogen and oxygen atoms in total. The van der Waals surface area contributed by atoms with Crippen LogP contribution >= 0.6 is 27.5 Å². The third kappa shape index (κ3) is 4.31. The molecule has 0 aliphatic heterocycles. The van der Waals surface area contributed by atoms with E-state index < -0.39 is 20.0 Å². The van der Waals surface area contributed by atoms with Crippen LogP contribution in [-0.2, 0) is 20.0 Å². The van der Waals surface area contributed by atoms with Crippen molar-refractivity contribution in [1.29, 1.82) is 0 Å². The number of hydrogen-bond acceptors (Lipinski definition) is 4. The molecule has 0 saturated carbocycles. The lowest BCUT2D eigenvalue weighted by molar-refractivity contribution is 0.432. The lowest BCUT2D eigenvalue weighted by atomic mass is 10.4. The summed E-state index contributed by atoms with van der Waals surface area (Å²) in [5, 5.41) is 0.377. The molecule has 0 saturated heterocycles. The third-order valence-corrected chi connectivity index (χ3v) is 6.83. The quantitative estimate of drug-likeness (QED) is 0.726. The summed E-state index contributed by atoms with van der Waals surface area (Å²) in [4.78, 5) is 1.88. The first-order chi connectivity index (χ1) is 10.6. The fourth-order valence-corrected chi connectivity index (χ4v) is 4.46. The van der Waals surface area contributed by atoms with Gasteiger partial charge in [-0.15, -0.1) is 9.25 Å². The van der Waals surface area contributed by atoms with Crippen LogP contribution < -0.4 is 4.83 Å². The van der Waals surface area contributed by atoms with E-state index in [9.17, 15) is 16.8 Å². The Bertz CT molecular complexity index is 898. The molecule has 0 amide bonds. The van der Waals surface area contributed by atoms with Gasteiger partial charge in [0, 0.05) is 16.5 Å². The zero-order valence-electron chi connectivity index (χ0n) is 11.8. The van der Waals surface area contributed by atoms with Gasteiger partial charge in [0.2, 0.25) is 0 Å². The maximum atomic E-state index is 12.4. The van der Waals surface area contributed by atoms with Crippen molar-refractivity contribution >= 4 is 47.6 Å². The van der Waals surface area contributed by atoms with Crippen LogP contribution in [0.4, 0.5) is 0 Å². The smallest absolute Gasteiger partial charge is 0.206 e. The molecule has 0 atom stereocenters. The molecule has 2 aromatic carbocycles. The monoisotopic (exact) mass is 438 g/mol. The molecule has 2 aromatic rings. The maximum absolute atomic E-state index is 12.4. The summed E-state index contributed by atoms with van der Waals surface area (Å²) in [7, 11) is -6.94. The molecule has 2 rings (SSSR count). The van der Waals surface area contributed by atoms with Crippen LogP contribution in [0.1, 0.15) is 0 Å². The average molecular weight is 440 g/mol. The number of nitrogens with zero attached hydrogens (tertiary/aromatic N) is 1. The predicted molar refractivity (Wildman–Crippen MR) is 90.9 cm³/mol. The van der Waals surface area contributed by atoms with Crippen LogP contribution in [0.5, 0.6) is 0 Å². The van der Waals surface area contributed by atoms with E-state index in [1.807, 2.05) is 4.83 Å². The van der Waals surface area contributed by atoms with Gasteiger partial charge in [0.05, 0.1) is 9.79 Å². The molecule has 0 aromatic heterocycles. The van der Waals surface area contributed by atoms with Crippen LogP contribution in [0, 0.1) is 0 Å². The Kier molecular flexibility index (Phi) is 5.49. The second-order valence-corrected chi connectivity index (χ2v) is 9.46. The van der Waals surface area contributed by atoms with Gasteiger partial charge in [-0.2, -0.15) is 0 Å². The van der Waals surface area contributed by atoms with Crippen molar-refractivity contribution in [3.8, 4) is 0 Å². The molecule has 10 heteroatoms. The molecule has 0 fully saturated rings. The molecule has 0 aliphatic rings. The molecule has 0 radical (unpaired) electrons. The molecule has 0 aliphatic carbocycles. The van der Waals surface area contributed by atoms with E-state index in [2.05, 4.69) is 15.9 Å². The van der Waals surface area contributed by atoms with Gasteiger partial charge in [0.15, 0.2) is 0 Å². The molecule has 124 valence electrons. The van der Waals surface area contributed by atoms with Crippen LogP contribution in [-0.4, -0.2) is 28.3 Å². The zero-order chi connectivity index (χ0) is 17.3. The Morgan fingerprint density at radius 1 is 0.913 bits per heavy atom. The first-order valence-corrected chi connectivity index (χ1v) is 10.2. The van der Waals surface area contributed by atoms with Crippen molar-refractivity contribution in [2.75, 3.05) is 7.05 Å². The molecular formula is C13H12BrClN2O4S2. The molecule has 0 spiro atoms. The van der Waals surface area contributed by atoms with Crippen molar-refractivity contribution in [2.24, 2.45) is 0 Å². The summed E-state index contributed by atoms with van der Waals surface area (Å²) in [5.74, 6) is 0. The van der Waals surface area contributed by atoms with Crippen molar-refractivity contribution in [1.82, 2.24) is 9.25 Å². The van der Waals surface area contributed by atoms with Gasteiger partial charge in [-0.25, -0.2) is 16.8 Å².